The van der Waals surface area contributed by atoms with Crippen LogP contribution in [0.4, 0.5) is 8.78 Å². The molecule has 1 aliphatic rings. The van der Waals surface area contributed by atoms with Crippen molar-refractivity contribution in [2.24, 2.45) is 0 Å². The van der Waals surface area contributed by atoms with Gasteiger partial charge in [0, 0.05) is 39.8 Å². The van der Waals surface area contributed by atoms with Crippen LogP contribution in [0.3, 0.4) is 0 Å². The van der Waals surface area contributed by atoms with Gasteiger partial charge in [-0.1, -0.05) is 17.8 Å². The largest absolute Gasteiger partial charge is 0.468 e. The van der Waals surface area contributed by atoms with Crippen LogP contribution in [-0.2, 0) is 37.4 Å². The number of methoxy groups -OCH3 is 1. The number of alkyl halides is 2. The van der Waals surface area contributed by atoms with Gasteiger partial charge in [0.1, 0.15) is 5.75 Å². The summed E-state index contributed by atoms with van der Waals surface area (Å²) in [6.45, 7) is 3.40. The van der Waals surface area contributed by atoms with E-state index in [2.05, 4.69) is 12.7 Å². The van der Waals surface area contributed by atoms with Crippen molar-refractivity contribution in [3.05, 3.63) is 59.3 Å². The van der Waals surface area contributed by atoms with Crippen molar-refractivity contribution in [3.8, 4) is 5.75 Å². The molecule has 3 nitrogen and oxygen atoms in total. The minimum Gasteiger partial charge on any atom is -0.468 e. The molecule has 0 atom stereocenters. The Balaban J connectivity index is 0.00000264. The van der Waals surface area contributed by atoms with Crippen LogP contribution >= 0.6 is 11.6 Å². The molecule has 1 radical (unpaired) electrons. The van der Waals surface area contributed by atoms with Crippen molar-refractivity contribution in [3.63, 3.8) is 0 Å². The van der Waals surface area contributed by atoms with Gasteiger partial charge in [0.05, 0.1) is 6.54 Å². The van der Waals surface area contributed by atoms with Gasteiger partial charge in [0.25, 0.3) is 6.43 Å². The number of allylic oxidation sites excluding steroid dienone is 3. The molecular weight excluding hydrogens is 401 g/mol. The Labute approximate surface area is 164 Å². The normalized spacial score (nSPS) is 14.3. The van der Waals surface area contributed by atoms with Crippen LogP contribution in [0.15, 0.2) is 47.6 Å². The fourth-order valence-corrected chi connectivity index (χ4v) is 2.13. The molecular formula is C16H15ClF2NO2Y-. The summed E-state index contributed by atoms with van der Waals surface area (Å²) in [6, 6.07) is 6.97. The first-order chi connectivity index (χ1) is 10.5. The minimum absolute atomic E-state index is 0. The van der Waals surface area contributed by atoms with E-state index in [-0.39, 0.29) is 39.5 Å². The molecule has 0 saturated heterocycles. The van der Waals surface area contributed by atoms with Crippen LogP contribution in [-0.4, -0.2) is 31.8 Å². The molecule has 0 aliphatic carbocycles. The standard InChI is InChI=1S/C16H15ClF2NO2.Y/c1-11-14(17)7-8-15(20(11)9-16(18)19)12-3-5-13(6-4-12)22-10-21-2;/h3-7,16H,1,9-10H2,2H3;/q-1;. The van der Waals surface area contributed by atoms with Gasteiger partial charge in [-0.2, -0.15) is 23.8 Å². The van der Waals surface area contributed by atoms with Crippen LogP contribution < -0.4 is 4.74 Å². The van der Waals surface area contributed by atoms with Gasteiger partial charge < -0.3 is 14.4 Å². The Morgan fingerprint density at radius 3 is 2.52 bits per heavy atom. The Morgan fingerprint density at radius 1 is 1.30 bits per heavy atom. The summed E-state index contributed by atoms with van der Waals surface area (Å²) in [7, 11) is 1.53. The van der Waals surface area contributed by atoms with Crippen molar-refractivity contribution in [2.45, 2.75) is 6.43 Å². The van der Waals surface area contributed by atoms with Crippen molar-refractivity contribution in [1.29, 1.82) is 0 Å². The summed E-state index contributed by atoms with van der Waals surface area (Å²) in [5.74, 6) is 0.620. The smallest absolute Gasteiger partial charge is 0.256 e. The summed E-state index contributed by atoms with van der Waals surface area (Å²) in [6.07, 6.45) is 1.93. The average Bonchev–Trinajstić information content (AvgIpc) is 2.50. The fraction of sp³-hybridized carbons (Fsp3) is 0.250. The molecule has 1 aliphatic heterocycles. The SMILES string of the molecule is C=C1C(Cl)=C[C-]=C(c2ccc(OCOC)cc2)N1CC(F)F.[Y]. The summed E-state index contributed by atoms with van der Waals surface area (Å²) >= 11 is 5.95. The first-order valence-electron chi connectivity index (χ1n) is 6.49. The number of benzene rings is 1. The Morgan fingerprint density at radius 2 is 1.96 bits per heavy atom. The minimum atomic E-state index is -2.51. The van der Waals surface area contributed by atoms with Crippen LogP contribution in [0.5, 0.6) is 5.75 Å². The number of halogens is 3. The summed E-state index contributed by atoms with van der Waals surface area (Å²) in [4.78, 5) is 1.36. The second kappa shape index (κ2) is 9.53. The summed E-state index contributed by atoms with van der Waals surface area (Å²) in [5.41, 5.74) is 1.54. The van der Waals surface area contributed by atoms with Crippen molar-refractivity contribution >= 4 is 17.3 Å². The Hall–Kier alpha value is -0.746. The van der Waals surface area contributed by atoms with E-state index in [1.54, 1.807) is 24.3 Å². The topological polar surface area (TPSA) is 21.7 Å². The van der Waals surface area contributed by atoms with Gasteiger partial charge in [-0.05, 0) is 22.9 Å². The van der Waals surface area contributed by atoms with E-state index >= 15 is 0 Å². The molecule has 23 heavy (non-hydrogen) atoms. The van der Waals surface area contributed by atoms with Gasteiger partial charge >= 0.3 is 0 Å². The zero-order chi connectivity index (χ0) is 16.1. The van der Waals surface area contributed by atoms with Crippen molar-refractivity contribution < 1.29 is 51.0 Å². The van der Waals surface area contributed by atoms with E-state index in [0.717, 1.165) is 0 Å². The van der Waals surface area contributed by atoms with Gasteiger partial charge in [-0.3, -0.25) is 0 Å². The fourth-order valence-electron chi connectivity index (χ4n) is 1.97. The maximum absolute atomic E-state index is 12.8. The second-order valence-electron chi connectivity index (χ2n) is 4.51. The molecule has 0 amide bonds. The molecule has 121 valence electrons. The summed E-state index contributed by atoms with van der Waals surface area (Å²) < 4.78 is 35.7. The van der Waals surface area contributed by atoms with Crippen LogP contribution in [0.2, 0.25) is 0 Å². The zero-order valence-corrected chi connectivity index (χ0v) is 16.2. The number of hydrogen-bond acceptors (Lipinski definition) is 3. The summed E-state index contributed by atoms with van der Waals surface area (Å²) in [5, 5.41) is 0.296. The quantitative estimate of drug-likeness (QED) is 0.517. The number of hydrogen-bond donors (Lipinski definition) is 0. The van der Waals surface area contributed by atoms with Crippen LogP contribution in [0, 0.1) is 6.08 Å². The first-order valence-corrected chi connectivity index (χ1v) is 6.87. The zero-order valence-electron chi connectivity index (χ0n) is 12.6. The van der Waals surface area contributed by atoms with E-state index in [1.165, 1.54) is 18.1 Å². The Kier molecular flexibility index (Phi) is 8.41. The monoisotopic (exact) mass is 415 g/mol. The van der Waals surface area contributed by atoms with E-state index in [4.69, 9.17) is 21.1 Å². The molecule has 0 spiro atoms. The first kappa shape index (κ1) is 20.3. The molecule has 0 bridgehead atoms. The molecule has 7 heteroatoms. The number of ether oxygens (including phenoxy) is 2. The molecule has 1 aromatic rings. The molecule has 2 rings (SSSR count). The van der Waals surface area contributed by atoms with E-state index < -0.39 is 13.0 Å². The predicted molar refractivity (Wildman–Crippen MR) is 81.4 cm³/mol. The van der Waals surface area contributed by atoms with Gasteiger partial charge in [0.2, 0.25) is 0 Å². The van der Waals surface area contributed by atoms with Gasteiger partial charge in [0.15, 0.2) is 6.79 Å². The molecule has 1 heterocycles. The Bertz CT molecular complexity index is 603. The van der Waals surface area contributed by atoms with Crippen LogP contribution in [0.25, 0.3) is 5.70 Å². The van der Waals surface area contributed by atoms with Crippen molar-refractivity contribution in [2.75, 3.05) is 20.4 Å². The third kappa shape index (κ3) is 5.38. The molecule has 1 aromatic carbocycles. The van der Waals surface area contributed by atoms with E-state index in [9.17, 15) is 8.78 Å². The van der Waals surface area contributed by atoms with Gasteiger partial charge in [-0.25, -0.2) is 8.78 Å². The second-order valence-corrected chi connectivity index (χ2v) is 4.92. The van der Waals surface area contributed by atoms with Crippen molar-refractivity contribution in [1.82, 2.24) is 4.90 Å². The third-order valence-electron chi connectivity index (χ3n) is 3.00. The van der Waals surface area contributed by atoms with Gasteiger partial charge in [-0.15, -0.1) is 12.1 Å². The molecule has 0 aromatic heterocycles. The molecule has 0 saturated carbocycles. The maximum Gasteiger partial charge on any atom is 0.256 e. The number of nitrogens with zero attached hydrogens (tertiary/aromatic N) is 1. The third-order valence-corrected chi connectivity index (χ3v) is 3.33. The van der Waals surface area contributed by atoms with Crippen LogP contribution in [0.1, 0.15) is 5.56 Å². The molecule has 0 N–H and O–H groups in total. The molecule has 0 unspecified atom stereocenters. The average molecular weight is 416 g/mol. The number of rotatable bonds is 6. The predicted octanol–water partition coefficient (Wildman–Crippen LogP) is 4.03. The van der Waals surface area contributed by atoms with E-state index in [0.29, 0.717) is 27.7 Å². The van der Waals surface area contributed by atoms with E-state index in [1.807, 2.05) is 0 Å². The molecule has 0 fully saturated rings. The maximum atomic E-state index is 12.8.